The van der Waals surface area contributed by atoms with Crippen molar-refractivity contribution in [2.75, 3.05) is 13.2 Å². The summed E-state index contributed by atoms with van der Waals surface area (Å²) in [6, 6.07) is 0. The first-order valence-electron chi connectivity index (χ1n) is 17.4. The number of rotatable bonds is 30. The summed E-state index contributed by atoms with van der Waals surface area (Å²) in [5.41, 5.74) is 0. The maximum atomic E-state index is 12.4. The van der Waals surface area contributed by atoms with E-state index in [0.717, 1.165) is 25.7 Å². The van der Waals surface area contributed by atoms with Gasteiger partial charge in [0.1, 0.15) is 6.61 Å². The number of ether oxygens (including phenoxy) is 2. The minimum atomic E-state index is -4.84. The Bertz CT molecular complexity index is 1020. The van der Waals surface area contributed by atoms with Crippen molar-refractivity contribution in [1.82, 2.24) is 0 Å². The average Bonchev–Trinajstić information content (AvgIpc) is 3.03. The molecule has 11 nitrogen and oxygen atoms in total. The van der Waals surface area contributed by atoms with Crippen LogP contribution in [0.2, 0.25) is 0 Å². The zero-order chi connectivity index (χ0) is 35.9. The molecule has 0 saturated heterocycles. The fraction of sp³-hybridized carbons (Fsp3) is 0.667. The highest BCUT2D eigenvalue weighted by Crippen LogP contribution is 2.36. The van der Waals surface area contributed by atoms with E-state index in [2.05, 4.69) is 11.4 Å². The van der Waals surface area contributed by atoms with Gasteiger partial charge in [-0.1, -0.05) is 132 Å². The van der Waals surface area contributed by atoms with Gasteiger partial charge in [0.15, 0.2) is 6.10 Å². The quantitative estimate of drug-likeness (QED) is 0.0177. The SMILES string of the molecule is CC/C=C\C[C@H](O)/C=C/C=C/C=C\C=C/[C@@H](O)[C@H](O)CCCC(=O)O[C@H](COC(=O)CCCCCCCCCCCC)COP(=O)(O)O. The molecule has 0 spiro atoms. The van der Waals surface area contributed by atoms with E-state index < -0.39 is 57.4 Å². The topological polar surface area (TPSA) is 180 Å². The number of carbonyl (C=O) groups is 2. The molecule has 5 N–H and O–H groups in total. The molecule has 0 aliphatic rings. The molecule has 0 unspecified atom stereocenters. The second-order valence-corrected chi connectivity index (χ2v) is 12.9. The van der Waals surface area contributed by atoms with Crippen molar-refractivity contribution in [3.63, 3.8) is 0 Å². The molecule has 0 aromatic rings. The lowest BCUT2D eigenvalue weighted by Crippen LogP contribution is -2.29. The Hall–Kier alpha value is -2.37. The number of allylic oxidation sites excluding steroid dienone is 7. The summed E-state index contributed by atoms with van der Waals surface area (Å²) < 4.78 is 26.0. The van der Waals surface area contributed by atoms with Gasteiger partial charge in [-0.25, -0.2) is 4.57 Å². The third-order valence-electron chi connectivity index (χ3n) is 7.14. The Morgan fingerprint density at radius 2 is 1.25 bits per heavy atom. The van der Waals surface area contributed by atoms with Gasteiger partial charge in [0, 0.05) is 12.8 Å². The lowest BCUT2D eigenvalue weighted by molar-refractivity contribution is -0.161. The summed E-state index contributed by atoms with van der Waals surface area (Å²) in [7, 11) is -4.84. The molecule has 0 amide bonds. The zero-order valence-corrected chi connectivity index (χ0v) is 29.8. The molecule has 48 heavy (non-hydrogen) atoms. The number of phosphoric acid groups is 1. The minimum absolute atomic E-state index is 0.0856. The fourth-order valence-electron chi connectivity index (χ4n) is 4.42. The highest BCUT2D eigenvalue weighted by atomic mass is 31.2. The summed E-state index contributed by atoms with van der Waals surface area (Å²) in [6.07, 6.45) is 26.2. The number of hydrogen-bond acceptors (Lipinski definition) is 9. The predicted octanol–water partition coefficient (Wildman–Crippen LogP) is 6.70. The summed E-state index contributed by atoms with van der Waals surface area (Å²) in [4.78, 5) is 42.6. The van der Waals surface area contributed by atoms with E-state index in [-0.39, 0.29) is 25.7 Å². The molecule has 0 saturated carbocycles. The Morgan fingerprint density at radius 3 is 1.85 bits per heavy atom. The summed E-state index contributed by atoms with van der Waals surface area (Å²) in [6.45, 7) is 3.15. The summed E-state index contributed by atoms with van der Waals surface area (Å²) in [5.74, 6) is -1.23. The first-order valence-corrected chi connectivity index (χ1v) is 18.9. The molecule has 0 aliphatic carbocycles. The van der Waals surface area contributed by atoms with E-state index in [1.54, 1.807) is 42.5 Å². The Morgan fingerprint density at radius 1 is 0.688 bits per heavy atom. The van der Waals surface area contributed by atoms with E-state index in [0.29, 0.717) is 12.8 Å². The largest absolute Gasteiger partial charge is 0.469 e. The van der Waals surface area contributed by atoms with E-state index in [4.69, 9.17) is 19.3 Å². The van der Waals surface area contributed by atoms with Crippen LogP contribution in [0.4, 0.5) is 0 Å². The van der Waals surface area contributed by atoms with Crippen molar-refractivity contribution in [3.05, 3.63) is 60.8 Å². The van der Waals surface area contributed by atoms with Gasteiger partial charge in [0.05, 0.1) is 24.9 Å². The van der Waals surface area contributed by atoms with Crippen LogP contribution in [0.3, 0.4) is 0 Å². The molecule has 0 radical (unpaired) electrons. The van der Waals surface area contributed by atoms with Crippen LogP contribution in [0.5, 0.6) is 0 Å². The standard InChI is InChI=1S/C36H61O11P/c1-3-5-7-8-9-10-11-12-17-21-27-35(40)45-29-32(30-46-48(42,43)44)47-36(41)28-22-26-34(39)33(38)25-20-16-14-13-15-19-24-31(37)23-18-6-4-2/h6,13-16,18-20,24-25,31-34,37-39H,3-5,7-12,17,21-23,26-30H2,1-2H3,(H2,42,43,44)/b15-13+,16-14-,18-6-,24-19+,25-20-/t31-,32+,33+,34+/m0/s1. The highest BCUT2D eigenvalue weighted by molar-refractivity contribution is 7.46. The molecule has 0 bridgehead atoms. The number of aliphatic hydroxyl groups is 3. The molecule has 276 valence electrons. The predicted molar refractivity (Wildman–Crippen MR) is 188 cm³/mol. The maximum absolute atomic E-state index is 12.4. The van der Waals surface area contributed by atoms with Crippen LogP contribution >= 0.6 is 7.82 Å². The normalized spacial score (nSPS) is 15.2. The number of hydrogen-bond donors (Lipinski definition) is 5. The van der Waals surface area contributed by atoms with Crippen LogP contribution in [0.15, 0.2) is 60.8 Å². The third-order valence-corrected chi connectivity index (χ3v) is 7.63. The lowest BCUT2D eigenvalue weighted by Gasteiger charge is -2.19. The van der Waals surface area contributed by atoms with E-state index >= 15 is 0 Å². The van der Waals surface area contributed by atoms with Gasteiger partial charge in [0.25, 0.3) is 0 Å². The molecule has 0 aromatic heterocycles. The molecule has 0 heterocycles. The second-order valence-electron chi connectivity index (χ2n) is 11.7. The number of aliphatic hydroxyl groups excluding tert-OH is 3. The van der Waals surface area contributed by atoms with Gasteiger partial charge >= 0.3 is 19.8 Å². The van der Waals surface area contributed by atoms with Gasteiger partial charge < -0.3 is 34.6 Å². The molecule has 0 aliphatic heterocycles. The summed E-state index contributed by atoms with van der Waals surface area (Å²) in [5, 5.41) is 30.2. The van der Waals surface area contributed by atoms with Crippen molar-refractivity contribution in [2.45, 2.75) is 141 Å². The molecule has 0 rings (SSSR count). The average molecular weight is 701 g/mol. The maximum Gasteiger partial charge on any atom is 0.469 e. The van der Waals surface area contributed by atoms with Crippen molar-refractivity contribution in [1.29, 1.82) is 0 Å². The van der Waals surface area contributed by atoms with Crippen molar-refractivity contribution >= 4 is 19.8 Å². The molecular weight excluding hydrogens is 639 g/mol. The second kappa shape index (κ2) is 30.7. The van der Waals surface area contributed by atoms with E-state index in [1.165, 1.54) is 44.6 Å². The smallest absolute Gasteiger partial charge is 0.462 e. The Balaban J connectivity index is 4.42. The van der Waals surface area contributed by atoms with Gasteiger partial charge in [-0.05, 0) is 32.1 Å². The minimum Gasteiger partial charge on any atom is -0.462 e. The van der Waals surface area contributed by atoms with Gasteiger partial charge in [-0.2, -0.15) is 0 Å². The molecule has 12 heteroatoms. The summed E-state index contributed by atoms with van der Waals surface area (Å²) >= 11 is 0. The van der Waals surface area contributed by atoms with Crippen molar-refractivity contribution in [3.8, 4) is 0 Å². The highest BCUT2D eigenvalue weighted by Gasteiger charge is 2.23. The lowest BCUT2D eigenvalue weighted by atomic mass is 10.1. The monoisotopic (exact) mass is 700 g/mol. The van der Waals surface area contributed by atoms with Gasteiger partial charge in [0.2, 0.25) is 0 Å². The number of unbranched alkanes of at least 4 members (excludes halogenated alkanes) is 9. The molecule has 0 aromatic carbocycles. The Kier molecular flexibility index (Phi) is 29.2. The van der Waals surface area contributed by atoms with Crippen LogP contribution in [0.1, 0.15) is 117 Å². The zero-order valence-electron chi connectivity index (χ0n) is 28.9. The van der Waals surface area contributed by atoms with Crippen LogP contribution in [0.25, 0.3) is 0 Å². The number of carbonyl (C=O) groups excluding carboxylic acids is 2. The van der Waals surface area contributed by atoms with Crippen LogP contribution in [-0.2, 0) is 28.2 Å². The van der Waals surface area contributed by atoms with Crippen molar-refractivity contribution < 1.29 is 53.3 Å². The van der Waals surface area contributed by atoms with Crippen molar-refractivity contribution in [2.24, 2.45) is 0 Å². The van der Waals surface area contributed by atoms with Gasteiger partial charge in [-0.3, -0.25) is 14.1 Å². The van der Waals surface area contributed by atoms with Crippen LogP contribution in [0, 0.1) is 0 Å². The molecule has 0 fully saturated rings. The van der Waals surface area contributed by atoms with Crippen LogP contribution in [-0.4, -0.2) is 74.7 Å². The third kappa shape index (κ3) is 30.9. The Labute approximate surface area is 287 Å². The van der Waals surface area contributed by atoms with Gasteiger partial charge in [-0.15, -0.1) is 0 Å². The fourth-order valence-corrected chi connectivity index (χ4v) is 4.78. The molecular formula is C36H61O11P. The first-order chi connectivity index (χ1) is 23.0. The number of phosphoric ester groups is 1. The first kappa shape index (κ1) is 45.6. The van der Waals surface area contributed by atoms with E-state index in [9.17, 15) is 29.5 Å². The molecule has 4 atom stereocenters. The van der Waals surface area contributed by atoms with Crippen LogP contribution < -0.4 is 0 Å². The van der Waals surface area contributed by atoms with E-state index in [1.807, 2.05) is 19.1 Å². The number of esters is 2.